The van der Waals surface area contributed by atoms with Gasteiger partial charge < -0.3 is 0 Å². The molecule has 0 aliphatic carbocycles. The van der Waals surface area contributed by atoms with Gasteiger partial charge in [0.1, 0.15) is 5.82 Å². The van der Waals surface area contributed by atoms with E-state index in [9.17, 15) is 8.42 Å². The molecular weight excluding hydrogens is 416 g/mol. The summed E-state index contributed by atoms with van der Waals surface area (Å²) in [6.07, 6.45) is 3.66. The average Bonchev–Trinajstić information content (AvgIpc) is 3.23. The number of nitrogens with zero attached hydrogens (tertiary/aromatic N) is 2. The maximum absolute atomic E-state index is 12.2. The second-order valence-electron chi connectivity index (χ2n) is 7.03. The van der Waals surface area contributed by atoms with Gasteiger partial charge in [0.15, 0.2) is 9.84 Å². The molecule has 0 amide bonds. The summed E-state index contributed by atoms with van der Waals surface area (Å²) >= 11 is 6.45. The van der Waals surface area contributed by atoms with Crippen LogP contribution in [-0.4, -0.2) is 23.7 Å². The molecule has 4 rings (SSSR count). The monoisotopic (exact) mass is 436 g/mol. The van der Waals surface area contributed by atoms with Gasteiger partial charge in [0.25, 0.3) is 0 Å². The highest BCUT2D eigenvalue weighted by Gasteiger charge is 2.15. The molecule has 30 heavy (non-hydrogen) atoms. The van der Waals surface area contributed by atoms with E-state index in [-0.39, 0.29) is 5.75 Å². The van der Waals surface area contributed by atoms with E-state index in [1.165, 1.54) is 0 Å². The number of halogens is 1. The first-order valence-corrected chi connectivity index (χ1v) is 11.7. The highest BCUT2D eigenvalue weighted by atomic mass is 35.5. The molecule has 0 saturated carbocycles. The van der Waals surface area contributed by atoms with E-state index in [2.05, 4.69) is 4.98 Å². The van der Waals surface area contributed by atoms with E-state index < -0.39 is 9.84 Å². The highest BCUT2D eigenvalue weighted by molar-refractivity contribution is 7.91. The number of aryl methyl sites for hydroxylation is 1. The number of aromatic nitrogens is 2. The molecule has 0 atom stereocenters. The number of rotatable bonds is 5. The van der Waals surface area contributed by atoms with Crippen molar-refractivity contribution >= 4 is 21.4 Å². The van der Waals surface area contributed by atoms with Crippen LogP contribution < -0.4 is 0 Å². The minimum absolute atomic E-state index is 0.0836. The lowest BCUT2D eigenvalue weighted by Crippen LogP contribution is -2.03. The van der Waals surface area contributed by atoms with E-state index in [4.69, 9.17) is 11.6 Å². The number of benzene rings is 3. The van der Waals surface area contributed by atoms with Crippen LogP contribution in [0.5, 0.6) is 0 Å². The van der Waals surface area contributed by atoms with Crippen molar-refractivity contribution in [1.82, 2.24) is 9.55 Å². The van der Waals surface area contributed by atoms with Crippen molar-refractivity contribution in [2.45, 2.75) is 18.7 Å². The molecule has 0 unspecified atom stereocenters. The van der Waals surface area contributed by atoms with Gasteiger partial charge >= 0.3 is 0 Å². The summed E-state index contributed by atoms with van der Waals surface area (Å²) in [5.74, 6) is 0.863. The Morgan fingerprint density at radius 2 is 1.70 bits per heavy atom. The Morgan fingerprint density at radius 1 is 0.967 bits per heavy atom. The predicted molar refractivity (Wildman–Crippen MR) is 122 cm³/mol. The van der Waals surface area contributed by atoms with Gasteiger partial charge in [-0.15, -0.1) is 0 Å². The normalized spacial score (nSPS) is 11.6. The first-order valence-electron chi connectivity index (χ1n) is 9.63. The van der Waals surface area contributed by atoms with Gasteiger partial charge in [0.2, 0.25) is 0 Å². The smallest absolute Gasteiger partial charge is 0.178 e. The summed E-state index contributed by atoms with van der Waals surface area (Å²) < 4.78 is 26.4. The number of imidazole rings is 1. The largest absolute Gasteiger partial charge is 0.300 e. The zero-order valence-corrected chi connectivity index (χ0v) is 18.3. The molecule has 1 aromatic heterocycles. The van der Waals surface area contributed by atoms with Crippen LogP contribution in [0.2, 0.25) is 5.02 Å². The Hall–Kier alpha value is -2.89. The quantitative estimate of drug-likeness (QED) is 0.387. The van der Waals surface area contributed by atoms with Gasteiger partial charge in [-0.3, -0.25) is 4.57 Å². The van der Waals surface area contributed by atoms with E-state index >= 15 is 0 Å². The average molecular weight is 437 g/mol. The molecule has 4 nitrogen and oxygen atoms in total. The standard InChI is InChI=1S/C24H21ClN2O2S/c1-3-30(28,29)21-8-5-7-19(16-21)18-10-12-20(13-11-18)27-15-14-26-24(27)23-17(2)6-4-9-22(23)25/h4-16H,3H2,1-2H3. The predicted octanol–water partition coefficient (Wildman–Crippen LogP) is 5.96. The number of hydrogen-bond donors (Lipinski definition) is 0. The lowest BCUT2D eigenvalue weighted by molar-refractivity contribution is 0.597. The fourth-order valence-electron chi connectivity index (χ4n) is 3.46. The van der Waals surface area contributed by atoms with Crippen LogP contribution in [0.15, 0.2) is 84.0 Å². The Morgan fingerprint density at radius 3 is 2.40 bits per heavy atom. The van der Waals surface area contributed by atoms with Gasteiger partial charge in [-0.1, -0.05) is 54.9 Å². The molecule has 0 bridgehead atoms. The molecule has 3 aromatic carbocycles. The fraction of sp³-hybridized carbons (Fsp3) is 0.125. The summed E-state index contributed by atoms with van der Waals surface area (Å²) in [7, 11) is -3.24. The molecule has 152 valence electrons. The fourth-order valence-corrected chi connectivity index (χ4v) is 4.69. The third-order valence-electron chi connectivity index (χ3n) is 5.14. The van der Waals surface area contributed by atoms with Crippen molar-refractivity contribution in [1.29, 1.82) is 0 Å². The minimum atomic E-state index is -3.24. The van der Waals surface area contributed by atoms with Gasteiger partial charge in [-0.2, -0.15) is 0 Å². The van der Waals surface area contributed by atoms with Crippen LogP contribution in [0.25, 0.3) is 28.2 Å². The van der Waals surface area contributed by atoms with Crippen LogP contribution in [0, 0.1) is 6.92 Å². The van der Waals surface area contributed by atoms with Gasteiger partial charge in [-0.05, 0) is 53.9 Å². The lowest BCUT2D eigenvalue weighted by atomic mass is 10.1. The van der Waals surface area contributed by atoms with Crippen molar-refractivity contribution in [2.75, 3.05) is 5.75 Å². The Kier molecular flexibility index (Phi) is 5.50. The van der Waals surface area contributed by atoms with Crippen molar-refractivity contribution in [3.63, 3.8) is 0 Å². The van der Waals surface area contributed by atoms with Gasteiger partial charge in [0.05, 0.1) is 15.7 Å². The van der Waals surface area contributed by atoms with Crippen LogP contribution in [0.4, 0.5) is 0 Å². The molecular formula is C24H21ClN2O2S. The second-order valence-corrected chi connectivity index (χ2v) is 9.72. The highest BCUT2D eigenvalue weighted by Crippen LogP contribution is 2.32. The molecule has 0 N–H and O–H groups in total. The maximum Gasteiger partial charge on any atom is 0.178 e. The minimum Gasteiger partial charge on any atom is -0.300 e. The second kappa shape index (κ2) is 8.09. The molecule has 0 radical (unpaired) electrons. The third kappa shape index (κ3) is 3.78. The molecule has 0 aliphatic rings. The zero-order chi connectivity index (χ0) is 21.3. The van der Waals surface area contributed by atoms with Crippen molar-refractivity contribution < 1.29 is 8.42 Å². The zero-order valence-electron chi connectivity index (χ0n) is 16.7. The van der Waals surface area contributed by atoms with E-state index in [1.807, 2.05) is 66.2 Å². The molecule has 4 aromatic rings. The molecule has 1 heterocycles. The van der Waals surface area contributed by atoms with Gasteiger partial charge in [0, 0.05) is 23.6 Å². The van der Waals surface area contributed by atoms with Gasteiger partial charge in [-0.25, -0.2) is 13.4 Å². The lowest BCUT2D eigenvalue weighted by Gasteiger charge is -2.12. The van der Waals surface area contributed by atoms with Crippen molar-refractivity contribution in [3.8, 4) is 28.2 Å². The Balaban J connectivity index is 1.72. The van der Waals surface area contributed by atoms with E-state index in [1.54, 1.807) is 31.3 Å². The van der Waals surface area contributed by atoms with Crippen LogP contribution in [0.3, 0.4) is 0 Å². The molecule has 0 fully saturated rings. The van der Waals surface area contributed by atoms with Crippen LogP contribution in [0.1, 0.15) is 12.5 Å². The molecule has 0 spiro atoms. The van der Waals surface area contributed by atoms with Crippen molar-refractivity contribution in [3.05, 3.63) is 89.7 Å². The Labute approximate surface area is 181 Å². The Bertz CT molecular complexity index is 1290. The van der Waals surface area contributed by atoms with Crippen LogP contribution in [-0.2, 0) is 9.84 Å². The summed E-state index contributed by atoms with van der Waals surface area (Å²) in [6.45, 7) is 3.67. The maximum atomic E-state index is 12.2. The summed E-state index contributed by atoms with van der Waals surface area (Å²) in [5.41, 5.74) is 4.72. The summed E-state index contributed by atoms with van der Waals surface area (Å²) in [4.78, 5) is 4.87. The first-order chi connectivity index (χ1) is 14.4. The van der Waals surface area contributed by atoms with E-state index in [0.717, 1.165) is 33.8 Å². The van der Waals surface area contributed by atoms with Crippen molar-refractivity contribution in [2.24, 2.45) is 0 Å². The SMILES string of the molecule is CCS(=O)(=O)c1cccc(-c2ccc(-n3ccnc3-c3c(C)cccc3Cl)cc2)c1. The number of sulfone groups is 1. The topological polar surface area (TPSA) is 52.0 Å². The van der Waals surface area contributed by atoms with Crippen LogP contribution >= 0.6 is 11.6 Å². The first kappa shape index (κ1) is 20.4. The third-order valence-corrected chi connectivity index (χ3v) is 7.19. The summed E-state index contributed by atoms with van der Waals surface area (Å²) in [6, 6.07) is 20.8. The molecule has 0 saturated heterocycles. The van der Waals surface area contributed by atoms with E-state index in [0.29, 0.717) is 9.92 Å². The molecule has 0 aliphatic heterocycles. The molecule has 6 heteroatoms. The number of hydrogen-bond acceptors (Lipinski definition) is 3. The summed E-state index contributed by atoms with van der Waals surface area (Å²) in [5, 5.41) is 0.660.